The van der Waals surface area contributed by atoms with Crippen molar-refractivity contribution >= 4 is 11.8 Å². The number of hydrogen-bond acceptors (Lipinski definition) is 3. The zero-order chi connectivity index (χ0) is 23.9. The van der Waals surface area contributed by atoms with Crippen LogP contribution >= 0.6 is 11.8 Å². The first-order valence-corrected chi connectivity index (χ1v) is 16.6. The van der Waals surface area contributed by atoms with Gasteiger partial charge < -0.3 is 10.6 Å². The predicted molar refractivity (Wildman–Crippen MR) is 154 cm³/mol. The van der Waals surface area contributed by atoms with Gasteiger partial charge in [-0.3, -0.25) is 0 Å². The van der Waals surface area contributed by atoms with Crippen LogP contribution in [-0.2, 0) is 0 Å². The predicted octanol–water partition coefficient (Wildman–Crippen LogP) is 7.20. The van der Waals surface area contributed by atoms with Crippen LogP contribution in [0.5, 0.6) is 0 Å². The minimum Gasteiger partial charge on any atom is -0.317 e. The molecule has 0 amide bonds. The fourth-order valence-electron chi connectivity index (χ4n) is 9.66. The largest absolute Gasteiger partial charge is 0.317 e. The molecule has 36 heavy (non-hydrogen) atoms. The van der Waals surface area contributed by atoms with E-state index in [0.29, 0.717) is 6.04 Å². The van der Waals surface area contributed by atoms with Gasteiger partial charge in [-0.2, -0.15) is 11.8 Å². The van der Waals surface area contributed by atoms with Crippen LogP contribution in [0.15, 0.2) is 47.6 Å². The number of hydrogen-bond donors (Lipinski definition) is 2. The highest BCUT2D eigenvalue weighted by atomic mass is 32.2. The average Bonchev–Trinajstić information content (AvgIpc) is 3.32. The quantitative estimate of drug-likeness (QED) is 0.423. The molecule has 3 heteroatoms. The molecule has 0 aromatic heterocycles. The molecule has 2 saturated heterocycles. The van der Waals surface area contributed by atoms with Crippen molar-refractivity contribution in [3.8, 4) is 0 Å². The Kier molecular flexibility index (Phi) is 7.27. The Morgan fingerprint density at radius 2 is 1.69 bits per heavy atom. The zero-order valence-corrected chi connectivity index (χ0v) is 23.1. The van der Waals surface area contributed by atoms with Crippen molar-refractivity contribution < 1.29 is 0 Å². The number of fused-ring (bicyclic) bond motifs is 3. The van der Waals surface area contributed by atoms with Gasteiger partial charge in [0.2, 0.25) is 0 Å². The first-order chi connectivity index (χ1) is 17.8. The summed E-state index contributed by atoms with van der Waals surface area (Å²) in [5.41, 5.74) is 3.53. The summed E-state index contributed by atoms with van der Waals surface area (Å²) in [7, 11) is 0. The second-order valence-electron chi connectivity index (χ2n) is 13.3. The highest BCUT2D eigenvalue weighted by Gasteiger charge is 2.47. The van der Waals surface area contributed by atoms with Gasteiger partial charge in [0.05, 0.1) is 0 Å². The Morgan fingerprint density at radius 3 is 2.64 bits per heavy atom. The first-order valence-electron chi connectivity index (χ1n) is 15.7. The van der Waals surface area contributed by atoms with Gasteiger partial charge in [0.1, 0.15) is 0 Å². The third kappa shape index (κ3) is 4.75. The molecule has 7 aliphatic rings. The first kappa shape index (κ1) is 24.3. The Hall–Kier alpha value is -0.770. The Bertz CT molecular complexity index is 911. The van der Waals surface area contributed by atoms with Crippen LogP contribution in [0.2, 0.25) is 0 Å². The van der Waals surface area contributed by atoms with E-state index in [1.807, 2.05) is 0 Å². The number of nitrogens with one attached hydrogen (secondary N) is 2. The summed E-state index contributed by atoms with van der Waals surface area (Å²) in [5, 5.41) is 9.74. The lowest BCUT2D eigenvalue weighted by Crippen LogP contribution is -2.51. The monoisotopic (exact) mass is 504 g/mol. The maximum absolute atomic E-state index is 4.41. The van der Waals surface area contributed by atoms with Crippen molar-refractivity contribution in [1.82, 2.24) is 10.6 Å². The van der Waals surface area contributed by atoms with Crippen LogP contribution in [0, 0.1) is 35.5 Å². The summed E-state index contributed by atoms with van der Waals surface area (Å²) in [6.45, 7) is 2.46. The summed E-state index contributed by atoms with van der Waals surface area (Å²) in [6, 6.07) is 1.36. The lowest BCUT2D eigenvalue weighted by molar-refractivity contribution is 0.123. The van der Waals surface area contributed by atoms with E-state index in [9.17, 15) is 0 Å². The van der Waals surface area contributed by atoms with E-state index in [0.717, 1.165) is 52.0 Å². The molecule has 0 aromatic rings. The van der Waals surface area contributed by atoms with Gasteiger partial charge in [0.15, 0.2) is 0 Å². The molecule has 9 atom stereocenters. The van der Waals surface area contributed by atoms with Crippen LogP contribution < -0.4 is 10.6 Å². The van der Waals surface area contributed by atoms with Crippen molar-refractivity contribution in [3.05, 3.63) is 47.6 Å². The molecule has 2 heterocycles. The van der Waals surface area contributed by atoms with Crippen LogP contribution in [0.1, 0.15) is 83.5 Å². The van der Waals surface area contributed by atoms with Gasteiger partial charge in [-0.15, -0.1) is 0 Å². The molecule has 8 unspecified atom stereocenters. The van der Waals surface area contributed by atoms with E-state index >= 15 is 0 Å². The Morgan fingerprint density at radius 1 is 0.806 bits per heavy atom. The summed E-state index contributed by atoms with van der Waals surface area (Å²) < 4.78 is 0. The third-order valence-corrected chi connectivity index (χ3v) is 13.2. The van der Waals surface area contributed by atoms with Gasteiger partial charge in [0, 0.05) is 22.6 Å². The third-order valence-electron chi connectivity index (χ3n) is 11.5. The summed E-state index contributed by atoms with van der Waals surface area (Å²) in [6.07, 6.45) is 33.1. The smallest absolute Gasteiger partial charge is 0.0353 e. The number of rotatable bonds is 4. The van der Waals surface area contributed by atoms with Crippen molar-refractivity contribution in [2.45, 2.75) is 106 Å². The van der Waals surface area contributed by atoms with Crippen molar-refractivity contribution in [1.29, 1.82) is 0 Å². The number of thioether (sulfide) groups is 1. The second kappa shape index (κ2) is 10.8. The van der Waals surface area contributed by atoms with Crippen LogP contribution in [-0.4, -0.2) is 35.7 Å². The molecule has 2 N–H and O–H groups in total. The summed E-state index contributed by atoms with van der Waals surface area (Å²) >= 11 is 2.31. The Balaban J connectivity index is 1.04. The Labute approximate surface area is 224 Å². The van der Waals surface area contributed by atoms with Gasteiger partial charge in [0.25, 0.3) is 0 Å². The molecule has 0 radical (unpaired) electrons. The van der Waals surface area contributed by atoms with E-state index in [2.05, 4.69) is 58.9 Å². The molecule has 0 aromatic carbocycles. The molecular formula is C33H48N2S. The molecule has 0 bridgehead atoms. The zero-order valence-electron chi connectivity index (χ0n) is 22.3. The van der Waals surface area contributed by atoms with Gasteiger partial charge in [-0.25, -0.2) is 0 Å². The fourth-order valence-corrected chi connectivity index (χ4v) is 11.5. The molecule has 0 spiro atoms. The lowest BCUT2D eigenvalue weighted by atomic mass is 9.65. The second-order valence-corrected chi connectivity index (χ2v) is 14.7. The molecule has 2 nitrogen and oxygen atoms in total. The van der Waals surface area contributed by atoms with E-state index in [-0.39, 0.29) is 0 Å². The SMILES string of the molecule is C1=CC2SC3CCC(C4CCCC(N[C@@H]5C6=C(CCC=C6)CCC5C5CCNCC5)C4)CC3C2C=C1. The van der Waals surface area contributed by atoms with Gasteiger partial charge in [-0.05, 0) is 125 Å². The van der Waals surface area contributed by atoms with E-state index in [4.69, 9.17) is 0 Å². The van der Waals surface area contributed by atoms with Crippen LogP contribution in [0.25, 0.3) is 0 Å². The summed E-state index contributed by atoms with van der Waals surface area (Å²) in [4.78, 5) is 0. The van der Waals surface area contributed by atoms with Crippen molar-refractivity contribution in [2.24, 2.45) is 35.5 Å². The van der Waals surface area contributed by atoms with Crippen LogP contribution in [0.4, 0.5) is 0 Å². The maximum Gasteiger partial charge on any atom is 0.0353 e. The van der Waals surface area contributed by atoms with Crippen molar-refractivity contribution in [2.75, 3.05) is 13.1 Å². The van der Waals surface area contributed by atoms with E-state index in [1.165, 1.54) is 96.6 Å². The standard InChI is InChI=1S/C33H48N2S/c1-2-9-27-22(6-1)12-14-28(23-16-18-34-19-17-23)33(27)35-26-8-5-7-24(20-26)25-13-15-32-30(21-25)29-10-3-4-11-31(29)36-32/h2-4,9-11,23-26,28-35H,1,5-8,12-21H2/t24?,25?,26?,28?,29?,30?,31?,32?,33-/m1/s1. The number of allylic oxidation sites excluding steroid dienone is 5. The molecule has 196 valence electrons. The molecule has 7 rings (SSSR count). The molecule has 5 aliphatic carbocycles. The molecule has 2 aliphatic heterocycles. The maximum atomic E-state index is 4.41. The average molecular weight is 505 g/mol. The van der Waals surface area contributed by atoms with E-state index < -0.39 is 0 Å². The van der Waals surface area contributed by atoms with Gasteiger partial charge >= 0.3 is 0 Å². The topological polar surface area (TPSA) is 24.1 Å². The minimum atomic E-state index is 0.624. The lowest BCUT2D eigenvalue weighted by Gasteiger charge is -2.46. The molecule has 4 fully saturated rings. The normalized spacial score (nSPS) is 44.8. The molecule has 2 saturated carbocycles. The van der Waals surface area contributed by atoms with Crippen LogP contribution in [0.3, 0.4) is 0 Å². The molecular weight excluding hydrogens is 456 g/mol. The summed E-state index contributed by atoms with van der Waals surface area (Å²) in [5.74, 6) is 5.46. The minimum absolute atomic E-state index is 0.624. The highest BCUT2D eigenvalue weighted by Crippen LogP contribution is 2.55. The number of piperidine rings is 1. The van der Waals surface area contributed by atoms with Gasteiger partial charge in [-0.1, -0.05) is 54.9 Å². The highest BCUT2D eigenvalue weighted by molar-refractivity contribution is 8.01. The van der Waals surface area contributed by atoms with E-state index in [1.54, 1.807) is 11.1 Å². The fraction of sp³-hybridized carbons (Fsp3) is 0.758. The van der Waals surface area contributed by atoms with Crippen molar-refractivity contribution in [3.63, 3.8) is 0 Å².